The number of hydrogen-bond acceptors (Lipinski definition) is 2. The Balaban J connectivity index is 2.03. The fourth-order valence-electron chi connectivity index (χ4n) is 1.88. The van der Waals surface area contributed by atoms with Crippen molar-refractivity contribution in [2.45, 2.75) is 19.8 Å². The average Bonchev–Trinajstić information content (AvgIpc) is 2.69. The Hall–Kier alpha value is -2.01. The summed E-state index contributed by atoms with van der Waals surface area (Å²) in [5.74, 6) is 6.04. The van der Waals surface area contributed by atoms with Crippen molar-refractivity contribution in [1.29, 1.82) is 0 Å². The molecule has 2 heteroatoms. The van der Waals surface area contributed by atoms with Crippen molar-refractivity contribution in [3.05, 3.63) is 47.7 Å². The Morgan fingerprint density at radius 1 is 1.41 bits per heavy atom. The summed E-state index contributed by atoms with van der Waals surface area (Å²) in [5, 5.41) is 0. The van der Waals surface area contributed by atoms with Crippen molar-refractivity contribution in [3.8, 4) is 11.8 Å². The molecule has 1 saturated heterocycles. The molecule has 1 aliphatic rings. The van der Waals surface area contributed by atoms with E-state index in [0.717, 1.165) is 12.0 Å². The van der Waals surface area contributed by atoms with Crippen molar-refractivity contribution >= 4 is 5.97 Å². The van der Waals surface area contributed by atoms with Gasteiger partial charge < -0.3 is 4.74 Å². The number of ether oxygens (including phenoxy) is 1. The maximum atomic E-state index is 11.6. The van der Waals surface area contributed by atoms with Crippen LogP contribution in [0.4, 0.5) is 0 Å². The lowest BCUT2D eigenvalue weighted by Gasteiger charge is -2.03. The van der Waals surface area contributed by atoms with E-state index in [-0.39, 0.29) is 11.9 Å². The molecule has 0 aromatic heterocycles. The SMILES string of the molecule is CC#CC=C1CC(Cc2ccccc2)C(=O)O1. The molecule has 0 N–H and O–H groups in total. The third-order valence-electron chi connectivity index (χ3n) is 2.72. The van der Waals surface area contributed by atoms with Crippen LogP contribution in [0.15, 0.2) is 42.2 Å². The van der Waals surface area contributed by atoms with E-state index >= 15 is 0 Å². The first-order valence-electron chi connectivity index (χ1n) is 5.66. The van der Waals surface area contributed by atoms with Gasteiger partial charge in [-0.05, 0) is 18.9 Å². The fraction of sp³-hybridized carbons (Fsp3) is 0.267. The Kier molecular flexibility index (Phi) is 3.62. The first-order chi connectivity index (χ1) is 8.29. The van der Waals surface area contributed by atoms with Gasteiger partial charge in [-0.25, -0.2) is 0 Å². The van der Waals surface area contributed by atoms with Crippen LogP contribution in [-0.2, 0) is 16.0 Å². The minimum Gasteiger partial charge on any atom is -0.430 e. The van der Waals surface area contributed by atoms with Gasteiger partial charge in [-0.1, -0.05) is 36.3 Å². The Morgan fingerprint density at radius 2 is 2.18 bits per heavy atom. The van der Waals surface area contributed by atoms with Crippen LogP contribution in [0.1, 0.15) is 18.9 Å². The zero-order valence-corrected chi connectivity index (χ0v) is 9.77. The van der Waals surface area contributed by atoms with Crippen LogP contribution < -0.4 is 0 Å². The first-order valence-corrected chi connectivity index (χ1v) is 5.66. The predicted molar refractivity (Wildman–Crippen MR) is 65.9 cm³/mol. The summed E-state index contributed by atoms with van der Waals surface area (Å²) in [6.07, 6.45) is 3.07. The van der Waals surface area contributed by atoms with Crippen LogP contribution in [0.25, 0.3) is 0 Å². The van der Waals surface area contributed by atoms with Gasteiger partial charge in [-0.2, -0.15) is 0 Å². The normalized spacial score (nSPS) is 20.9. The predicted octanol–water partition coefficient (Wildman–Crippen LogP) is 2.70. The largest absolute Gasteiger partial charge is 0.430 e. The molecule has 0 saturated carbocycles. The maximum Gasteiger partial charge on any atom is 0.314 e. The number of cyclic esters (lactones) is 1. The fourth-order valence-corrected chi connectivity index (χ4v) is 1.88. The Morgan fingerprint density at radius 3 is 2.88 bits per heavy atom. The van der Waals surface area contributed by atoms with Gasteiger partial charge in [0.05, 0.1) is 5.92 Å². The van der Waals surface area contributed by atoms with Crippen LogP contribution >= 0.6 is 0 Å². The van der Waals surface area contributed by atoms with Crippen molar-refractivity contribution in [1.82, 2.24) is 0 Å². The Bertz CT molecular complexity index is 489. The summed E-state index contributed by atoms with van der Waals surface area (Å²) in [4.78, 5) is 11.6. The van der Waals surface area contributed by atoms with E-state index in [1.807, 2.05) is 30.3 Å². The minimum absolute atomic E-state index is 0.0673. The smallest absolute Gasteiger partial charge is 0.314 e. The van der Waals surface area contributed by atoms with Crippen molar-refractivity contribution < 1.29 is 9.53 Å². The van der Waals surface area contributed by atoms with E-state index in [0.29, 0.717) is 12.2 Å². The highest BCUT2D eigenvalue weighted by molar-refractivity contribution is 5.77. The van der Waals surface area contributed by atoms with Crippen molar-refractivity contribution in [2.24, 2.45) is 5.92 Å². The van der Waals surface area contributed by atoms with Gasteiger partial charge >= 0.3 is 5.97 Å². The van der Waals surface area contributed by atoms with E-state index in [9.17, 15) is 4.79 Å². The van der Waals surface area contributed by atoms with Gasteiger partial charge in [0.25, 0.3) is 0 Å². The molecule has 1 heterocycles. The highest BCUT2D eigenvalue weighted by Gasteiger charge is 2.30. The first kappa shape index (κ1) is 11.5. The molecule has 17 heavy (non-hydrogen) atoms. The molecule has 0 amide bonds. The van der Waals surface area contributed by atoms with E-state index in [1.54, 1.807) is 13.0 Å². The summed E-state index contributed by atoms with van der Waals surface area (Å²) in [6, 6.07) is 9.99. The highest BCUT2D eigenvalue weighted by Crippen LogP contribution is 2.27. The number of esters is 1. The molecule has 86 valence electrons. The van der Waals surface area contributed by atoms with Crippen LogP contribution in [0.5, 0.6) is 0 Å². The van der Waals surface area contributed by atoms with Gasteiger partial charge in [0.2, 0.25) is 0 Å². The lowest BCUT2D eigenvalue weighted by atomic mass is 9.97. The molecule has 1 aliphatic heterocycles. The molecule has 0 radical (unpaired) electrons. The van der Waals surface area contributed by atoms with Gasteiger partial charge in [0.1, 0.15) is 5.76 Å². The number of hydrogen-bond donors (Lipinski definition) is 0. The third kappa shape index (κ3) is 2.98. The number of carbonyl (C=O) groups is 1. The summed E-state index contributed by atoms with van der Waals surface area (Å²) in [7, 11) is 0. The van der Waals surface area contributed by atoms with Crippen LogP contribution in [0.3, 0.4) is 0 Å². The second kappa shape index (κ2) is 5.36. The topological polar surface area (TPSA) is 26.3 Å². The number of rotatable bonds is 2. The maximum absolute atomic E-state index is 11.6. The molecular formula is C15H14O2. The second-order valence-electron chi connectivity index (χ2n) is 4.02. The summed E-state index contributed by atoms with van der Waals surface area (Å²) in [6.45, 7) is 1.76. The monoisotopic (exact) mass is 226 g/mol. The van der Waals surface area contributed by atoms with Crippen molar-refractivity contribution in [2.75, 3.05) is 0 Å². The molecule has 1 unspecified atom stereocenters. The van der Waals surface area contributed by atoms with Crippen molar-refractivity contribution in [3.63, 3.8) is 0 Å². The van der Waals surface area contributed by atoms with Crippen LogP contribution in [0, 0.1) is 17.8 Å². The number of allylic oxidation sites excluding steroid dienone is 2. The molecule has 1 aromatic rings. The highest BCUT2D eigenvalue weighted by atomic mass is 16.5. The lowest BCUT2D eigenvalue weighted by molar-refractivity contribution is -0.139. The molecular weight excluding hydrogens is 212 g/mol. The molecule has 1 aromatic carbocycles. The molecule has 0 bridgehead atoms. The quantitative estimate of drug-likeness (QED) is 0.572. The van der Waals surface area contributed by atoms with E-state index in [1.165, 1.54) is 0 Å². The third-order valence-corrected chi connectivity index (χ3v) is 2.72. The number of benzene rings is 1. The number of carbonyl (C=O) groups excluding carboxylic acids is 1. The van der Waals surface area contributed by atoms with E-state index < -0.39 is 0 Å². The molecule has 2 nitrogen and oxygen atoms in total. The lowest BCUT2D eigenvalue weighted by Crippen LogP contribution is -2.10. The average molecular weight is 226 g/mol. The van der Waals surface area contributed by atoms with E-state index in [2.05, 4.69) is 11.8 Å². The molecule has 2 rings (SSSR count). The van der Waals surface area contributed by atoms with Crippen LogP contribution in [-0.4, -0.2) is 5.97 Å². The van der Waals surface area contributed by atoms with Crippen LogP contribution in [0.2, 0.25) is 0 Å². The summed E-state index contributed by atoms with van der Waals surface area (Å²) < 4.78 is 5.17. The summed E-state index contributed by atoms with van der Waals surface area (Å²) in [5.41, 5.74) is 1.16. The zero-order chi connectivity index (χ0) is 12.1. The standard InChI is InChI=1S/C15H14O2/c1-2-3-9-14-11-13(15(16)17-14)10-12-7-5-4-6-8-12/h4-9,13H,10-11H2,1H3. The van der Waals surface area contributed by atoms with Gasteiger partial charge in [0.15, 0.2) is 0 Å². The second-order valence-corrected chi connectivity index (χ2v) is 4.02. The summed E-state index contributed by atoms with van der Waals surface area (Å²) >= 11 is 0. The van der Waals surface area contributed by atoms with Gasteiger partial charge in [0, 0.05) is 12.5 Å². The zero-order valence-electron chi connectivity index (χ0n) is 9.77. The molecule has 0 spiro atoms. The minimum atomic E-state index is -0.141. The molecule has 0 aliphatic carbocycles. The molecule has 1 fully saturated rings. The Labute approximate surface area is 101 Å². The van der Waals surface area contributed by atoms with Gasteiger partial charge in [-0.3, -0.25) is 4.79 Å². The van der Waals surface area contributed by atoms with E-state index in [4.69, 9.17) is 4.74 Å². The van der Waals surface area contributed by atoms with Gasteiger partial charge in [-0.15, -0.1) is 5.92 Å². The molecule has 1 atom stereocenters.